The van der Waals surface area contributed by atoms with Crippen LogP contribution in [0.15, 0.2) is 73.3 Å². The lowest BCUT2D eigenvalue weighted by molar-refractivity contribution is -0.697. The molecule has 38 heavy (non-hydrogen) atoms. The molecule has 0 unspecified atom stereocenters. The van der Waals surface area contributed by atoms with Crippen LogP contribution in [0.5, 0.6) is 0 Å². The highest BCUT2D eigenvalue weighted by atomic mass is 14.9. The van der Waals surface area contributed by atoms with Gasteiger partial charge in [0.1, 0.15) is 13.1 Å². The first-order valence-corrected chi connectivity index (χ1v) is 14.9. The molecule has 3 rings (SSSR count). The molecule has 0 atom stereocenters. The van der Waals surface area contributed by atoms with E-state index >= 15 is 0 Å². The Hall–Kier alpha value is -3.36. The quantitative estimate of drug-likeness (QED) is 0.120. The first-order chi connectivity index (χ1) is 18.8. The Morgan fingerprint density at radius 2 is 0.816 bits per heavy atom. The van der Waals surface area contributed by atoms with Crippen LogP contribution in [0, 0.1) is 23.7 Å². The van der Waals surface area contributed by atoms with Gasteiger partial charge in [-0.05, 0) is 31.0 Å². The molecule has 0 aliphatic heterocycles. The summed E-state index contributed by atoms with van der Waals surface area (Å²) in [5, 5.41) is 0. The van der Waals surface area contributed by atoms with E-state index in [0.29, 0.717) is 0 Å². The minimum absolute atomic E-state index is 0.991. The molecule has 2 nitrogen and oxygen atoms in total. The van der Waals surface area contributed by atoms with Crippen LogP contribution >= 0.6 is 0 Å². The van der Waals surface area contributed by atoms with Gasteiger partial charge in [0.25, 0.3) is 0 Å². The second kappa shape index (κ2) is 18.0. The maximum absolute atomic E-state index is 3.30. The van der Waals surface area contributed by atoms with Crippen LogP contribution in [0.2, 0.25) is 0 Å². The first-order valence-electron chi connectivity index (χ1n) is 14.9. The number of unbranched alkanes of at least 4 members (excludes halogenated alkanes) is 10. The summed E-state index contributed by atoms with van der Waals surface area (Å²) in [4.78, 5) is 0. The average molecular weight is 507 g/mol. The number of aromatic nitrogens is 2. The average Bonchev–Trinajstić information content (AvgIpc) is 2.96. The monoisotopic (exact) mass is 506 g/mol. The van der Waals surface area contributed by atoms with Gasteiger partial charge in [0.05, 0.1) is 0 Å². The number of pyridine rings is 2. The zero-order valence-corrected chi connectivity index (χ0v) is 23.7. The zero-order chi connectivity index (χ0) is 26.7. The summed E-state index contributed by atoms with van der Waals surface area (Å²) in [5.41, 5.74) is 4.06. The molecule has 2 aromatic heterocycles. The number of hydrogen-bond donors (Lipinski definition) is 0. The third-order valence-electron chi connectivity index (χ3n) is 6.89. The standard InChI is InChI=1S/C36H46N2/c1-3-5-7-9-11-13-26-37-28-22-33(23-29-37)18-20-35-16-15-17-36(32-35)21-19-34-24-30-38(31-25-34)27-14-12-10-8-6-4-2/h15-17,22-25,28-32H,3-14,26-27H2,1-2H3/q+2. The molecule has 0 fully saturated rings. The van der Waals surface area contributed by atoms with Crippen LogP contribution in [-0.4, -0.2) is 0 Å². The molecule has 198 valence electrons. The molecule has 2 heterocycles. The highest BCUT2D eigenvalue weighted by molar-refractivity contribution is 5.48. The Bertz CT molecular complexity index is 1090. The molecule has 3 aromatic rings. The lowest BCUT2D eigenvalue weighted by atomic mass is 10.1. The van der Waals surface area contributed by atoms with Crippen LogP contribution < -0.4 is 9.13 Å². The number of benzene rings is 1. The maximum Gasteiger partial charge on any atom is 0.170 e. The lowest BCUT2D eigenvalue weighted by Gasteiger charge is -1.99. The third kappa shape index (κ3) is 11.8. The van der Waals surface area contributed by atoms with Gasteiger partial charge in [0, 0.05) is 59.4 Å². The molecule has 0 radical (unpaired) electrons. The number of hydrogen-bond acceptors (Lipinski definition) is 0. The fourth-order valence-electron chi connectivity index (χ4n) is 4.49. The van der Waals surface area contributed by atoms with E-state index in [4.69, 9.17) is 0 Å². The molecule has 0 aliphatic rings. The Labute approximate surface area is 232 Å². The van der Waals surface area contributed by atoms with Gasteiger partial charge in [-0.25, -0.2) is 9.13 Å². The number of rotatable bonds is 14. The van der Waals surface area contributed by atoms with Gasteiger partial charge in [0.2, 0.25) is 0 Å². The van der Waals surface area contributed by atoms with Gasteiger partial charge in [-0.3, -0.25) is 0 Å². The summed E-state index contributed by atoms with van der Waals surface area (Å²) in [6, 6.07) is 16.7. The minimum atomic E-state index is 0.991. The van der Waals surface area contributed by atoms with Gasteiger partial charge < -0.3 is 0 Å². The normalized spacial score (nSPS) is 10.4. The van der Waals surface area contributed by atoms with Crippen molar-refractivity contribution in [1.29, 1.82) is 0 Å². The molecule has 0 amide bonds. The SMILES string of the molecule is CCCCCCCC[n+]1ccc(C#Cc2cccc(C#Cc3cc[n+](CCCCCCCC)cc3)c2)cc1. The topological polar surface area (TPSA) is 7.76 Å². The Balaban J connectivity index is 1.47. The van der Waals surface area contributed by atoms with E-state index in [1.807, 2.05) is 18.2 Å². The second-order valence-electron chi connectivity index (χ2n) is 10.3. The van der Waals surface area contributed by atoms with Crippen molar-refractivity contribution in [2.45, 2.75) is 104 Å². The van der Waals surface area contributed by atoms with Crippen molar-refractivity contribution in [3.63, 3.8) is 0 Å². The zero-order valence-electron chi connectivity index (χ0n) is 23.7. The van der Waals surface area contributed by atoms with E-state index in [0.717, 1.165) is 35.3 Å². The predicted octanol–water partition coefficient (Wildman–Crippen LogP) is 7.78. The minimum Gasteiger partial charge on any atom is -0.205 e. The van der Waals surface area contributed by atoms with Crippen LogP contribution in [0.1, 0.15) is 113 Å². The van der Waals surface area contributed by atoms with Crippen molar-refractivity contribution in [1.82, 2.24) is 0 Å². The van der Waals surface area contributed by atoms with Crippen molar-refractivity contribution in [3.8, 4) is 23.7 Å². The molecule has 0 saturated heterocycles. The summed E-state index contributed by atoms with van der Waals surface area (Å²) in [6.45, 7) is 6.70. The highest BCUT2D eigenvalue weighted by Crippen LogP contribution is 2.07. The Morgan fingerprint density at radius 1 is 0.447 bits per heavy atom. The predicted molar refractivity (Wildman–Crippen MR) is 158 cm³/mol. The molecule has 1 aromatic carbocycles. The number of aryl methyl sites for hydroxylation is 2. The number of nitrogens with zero attached hydrogens (tertiary/aromatic N) is 2. The van der Waals surface area contributed by atoms with Crippen LogP contribution in [-0.2, 0) is 13.1 Å². The van der Waals surface area contributed by atoms with E-state index in [-0.39, 0.29) is 0 Å². The summed E-state index contributed by atoms with van der Waals surface area (Å²) >= 11 is 0. The Kier molecular flexibility index (Phi) is 13.8. The van der Waals surface area contributed by atoms with Crippen molar-refractivity contribution in [3.05, 3.63) is 95.6 Å². The van der Waals surface area contributed by atoms with Gasteiger partial charge in [0.15, 0.2) is 24.8 Å². The van der Waals surface area contributed by atoms with Gasteiger partial charge in [-0.15, -0.1) is 0 Å². The smallest absolute Gasteiger partial charge is 0.170 e. The van der Waals surface area contributed by atoms with Crippen molar-refractivity contribution < 1.29 is 9.13 Å². The third-order valence-corrected chi connectivity index (χ3v) is 6.89. The van der Waals surface area contributed by atoms with Crippen molar-refractivity contribution in [2.24, 2.45) is 0 Å². The van der Waals surface area contributed by atoms with Crippen molar-refractivity contribution >= 4 is 0 Å². The van der Waals surface area contributed by atoms with Crippen molar-refractivity contribution in [2.75, 3.05) is 0 Å². The summed E-state index contributed by atoms with van der Waals surface area (Å²) < 4.78 is 4.53. The fourth-order valence-corrected chi connectivity index (χ4v) is 4.49. The molecular weight excluding hydrogens is 460 g/mol. The van der Waals surface area contributed by atoms with Gasteiger partial charge in [-0.2, -0.15) is 0 Å². The highest BCUT2D eigenvalue weighted by Gasteiger charge is 2.01. The molecule has 0 N–H and O–H groups in total. The van der Waals surface area contributed by atoms with E-state index in [1.54, 1.807) is 0 Å². The second-order valence-corrected chi connectivity index (χ2v) is 10.3. The van der Waals surface area contributed by atoms with E-state index in [9.17, 15) is 0 Å². The molecule has 0 saturated carbocycles. The van der Waals surface area contributed by atoms with Crippen LogP contribution in [0.3, 0.4) is 0 Å². The van der Waals surface area contributed by atoms with Crippen LogP contribution in [0.4, 0.5) is 0 Å². The van der Waals surface area contributed by atoms with E-state index in [2.05, 4.69) is 102 Å². The summed E-state index contributed by atoms with van der Waals surface area (Å²) in [6.07, 6.45) is 24.5. The molecular formula is C36H46N2+2. The maximum atomic E-state index is 3.30. The van der Waals surface area contributed by atoms with Gasteiger partial charge in [-0.1, -0.05) is 95.0 Å². The van der Waals surface area contributed by atoms with Gasteiger partial charge >= 0.3 is 0 Å². The molecule has 2 heteroatoms. The largest absolute Gasteiger partial charge is 0.205 e. The molecule has 0 spiro atoms. The van der Waals surface area contributed by atoms with Crippen LogP contribution in [0.25, 0.3) is 0 Å². The van der Waals surface area contributed by atoms with E-state index < -0.39 is 0 Å². The fraction of sp³-hybridized carbons (Fsp3) is 0.444. The van der Waals surface area contributed by atoms with E-state index in [1.165, 1.54) is 77.0 Å². The first kappa shape index (κ1) is 29.2. The Morgan fingerprint density at radius 3 is 1.24 bits per heavy atom. The molecule has 0 aliphatic carbocycles. The lowest BCUT2D eigenvalue weighted by Crippen LogP contribution is -2.32. The molecule has 0 bridgehead atoms. The summed E-state index contributed by atoms with van der Waals surface area (Å²) in [7, 11) is 0. The summed E-state index contributed by atoms with van der Waals surface area (Å²) in [5.74, 6) is 13.2.